The standard InChI is InChI=1S/C19H18N2O2/c1-12(2)10-18(22)20-15-7-5-4-6-14(15)19-21-16-11-13(3)8-9-17(16)23-19/h4-11H,1-3H3,(H,20,22). The van der Waals surface area contributed by atoms with Crippen LogP contribution in [0.4, 0.5) is 5.69 Å². The summed E-state index contributed by atoms with van der Waals surface area (Å²) in [6.45, 7) is 5.78. The molecule has 4 nitrogen and oxygen atoms in total. The number of anilines is 1. The largest absolute Gasteiger partial charge is 0.436 e. The molecule has 0 aliphatic heterocycles. The summed E-state index contributed by atoms with van der Waals surface area (Å²) in [5, 5.41) is 2.88. The fourth-order valence-electron chi connectivity index (χ4n) is 2.36. The zero-order chi connectivity index (χ0) is 16.4. The van der Waals surface area contributed by atoms with Crippen LogP contribution >= 0.6 is 0 Å². The lowest BCUT2D eigenvalue weighted by atomic mass is 10.1. The van der Waals surface area contributed by atoms with Gasteiger partial charge in [0.1, 0.15) is 5.52 Å². The fraction of sp³-hybridized carbons (Fsp3) is 0.158. The number of hydrogen-bond acceptors (Lipinski definition) is 3. The summed E-state index contributed by atoms with van der Waals surface area (Å²) in [5.41, 5.74) is 5.05. The Morgan fingerprint density at radius 3 is 2.74 bits per heavy atom. The molecule has 1 heterocycles. The monoisotopic (exact) mass is 306 g/mol. The Balaban J connectivity index is 2.01. The van der Waals surface area contributed by atoms with E-state index in [1.165, 1.54) is 0 Å². The van der Waals surface area contributed by atoms with Gasteiger partial charge in [-0.3, -0.25) is 4.79 Å². The van der Waals surface area contributed by atoms with Crippen molar-refractivity contribution < 1.29 is 9.21 Å². The second-order valence-corrected chi connectivity index (χ2v) is 5.75. The number of fused-ring (bicyclic) bond motifs is 1. The van der Waals surface area contributed by atoms with Gasteiger partial charge in [-0.2, -0.15) is 0 Å². The topological polar surface area (TPSA) is 55.1 Å². The lowest BCUT2D eigenvalue weighted by molar-refractivity contribution is -0.111. The van der Waals surface area contributed by atoms with Crippen LogP contribution in [-0.4, -0.2) is 10.9 Å². The van der Waals surface area contributed by atoms with Crippen molar-refractivity contribution in [1.82, 2.24) is 4.98 Å². The third-order valence-corrected chi connectivity index (χ3v) is 3.38. The molecule has 23 heavy (non-hydrogen) atoms. The van der Waals surface area contributed by atoms with Crippen molar-refractivity contribution in [3.05, 3.63) is 59.7 Å². The number of hydrogen-bond donors (Lipinski definition) is 1. The molecule has 1 N–H and O–H groups in total. The first-order chi connectivity index (χ1) is 11.0. The highest BCUT2D eigenvalue weighted by Crippen LogP contribution is 2.30. The summed E-state index contributed by atoms with van der Waals surface area (Å²) in [7, 11) is 0. The smallest absolute Gasteiger partial charge is 0.248 e. The summed E-state index contributed by atoms with van der Waals surface area (Å²) in [6.07, 6.45) is 1.56. The van der Waals surface area contributed by atoms with Gasteiger partial charge in [0, 0.05) is 6.08 Å². The van der Waals surface area contributed by atoms with Crippen molar-refractivity contribution >= 4 is 22.7 Å². The van der Waals surface area contributed by atoms with Crippen molar-refractivity contribution in [2.75, 3.05) is 5.32 Å². The molecule has 0 spiro atoms. The quantitative estimate of drug-likeness (QED) is 0.713. The molecule has 0 aliphatic carbocycles. The molecule has 0 saturated heterocycles. The minimum Gasteiger partial charge on any atom is -0.436 e. The van der Waals surface area contributed by atoms with E-state index in [2.05, 4.69) is 10.3 Å². The van der Waals surface area contributed by atoms with Crippen molar-refractivity contribution in [3.8, 4) is 11.5 Å². The number of nitrogens with zero attached hydrogens (tertiary/aromatic N) is 1. The van der Waals surface area contributed by atoms with Gasteiger partial charge in [0.25, 0.3) is 0 Å². The van der Waals surface area contributed by atoms with Crippen LogP contribution in [0.2, 0.25) is 0 Å². The molecule has 4 heteroatoms. The molecular formula is C19H18N2O2. The molecule has 116 valence electrons. The van der Waals surface area contributed by atoms with Crippen molar-refractivity contribution in [3.63, 3.8) is 0 Å². The fourth-order valence-corrected chi connectivity index (χ4v) is 2.36. The molecule has 0 saturated carbocycles. The average Bonchev–Trinajstić information content (AvgIpc) is 2.89. The summed E-state index contributed by atoms with van der Waals surface area (Å²) in [4.78, 5) is 16.5. The lowest BCUT2D eigenvalue weighted by Gasteiger charge is -2.07. The first-order valence-electron chi connectivity index (χ1n) is 7.45. The zero-order valence-corrected chi connectivity index (χ0v) is 13.4. The minimum atomic E-state index is -0.163. The van der Waals surface area contributed by atoms with E-state index in [1.54, 1.807) is 6.08 Å². The van der Waals surface area contributed by atoms with Gasteiger partial charge in [-0.25, -0.2) is 4.98 Å². The van der Waals surface area contributed by atoms with E-state index in [9.17, 15) is 4.79 Å². The number of benzene rings is 2. The Kier molecular flexibility index (Phi) is 3.98. The zero-order valence-electron chi connectivity index (χ0n) is 13.4. The molecule has 0 atom stereocenters. The van der Waals surface area contributed by atoms with Crippen LogP contribution in [0, 0.1) is 6.92 Å². The first-order valence-corrected chi connectivity index (χ1v) is 7.45. The Hall–Kier alpha value is -2.88. The number of oxazole rings is 1. The second-order valence-electron chi connectivity index (χ2n) is 5.75. The first kappa shape index (κ1) is 15.0. The van der Waals surface area contributed by atoms with Crippen molar-refractivity contribution in [2.24, 2.45) is 0 Å². The molecule has 1 aromatic heterocycles. The maximum Gasteiger partial charge on any atom is 0.248 e. The Morgan fingerprint density at radius 2 is 1.96 bits per heavy atom. The van der Waals surface area contributed by atoms with Crippen molar-refractivity contribution in [1.29, 1.82) is 0 Å². The van der Waals surface area contributed by atoms with Crippen LogP contribution in [0.15, 0.2) is 58.5 Å². The highest BCUT2D eigenvalue weighted by molar-refractivity contribution is 6.02. The number of carbonyl (C=O) groups excluding carboxylic acids is 1. The highest BCUT2D eigenvalue weighted by atomic mass is 16.3. The van der Waals surface area contributed by atoms with E-state index >= 15 is 0 Å². The molecule has 0 unspecified atom stereocenters. The van der Waals surface area contributed by atoms with Crippen LogP contribution in [-0.2, 0) is 4.79 Å². The van der Waals surface area contributed by atoms with Gasteiger partial charge in [-0.05, 0) is 50.6 Å². The third kappa shape index (κ3) is 3.31. The molecule has 0 fully saturated rings. The number of nitrogens with one attached hydrogen (secondary N) is 1. The van der Waals surface area contributed by atoms with Gasteiger partial charge in [-0.1, -0.05) is 23.8 Å². The van der Waals surface area contributed by atoms with E-state index < -0.39 is 0 Å². The van der Waals surface area contributed by atoms with Crippen molar-refractivity contribution in [2.45, 2.75) is 20.8 Å². The molecule has 0 bridgehead atoms. The normalized spacial score (nSPS) is 10.6. The third-order valence-electron chi connectivity index (χ3n) is 3.38. The number of aromatic nitrogens is 1. The predicted octanol–water partition coefficient (Wildman–Crippen LogP) is 4.71. The van der Waals surface area contributed by atoms with Crippen LogP contribution in [0.1, 0.15) is 19.4 Å². The molecule has 3 rings (SSSR count). The maximum absolute atomic E-state index is 12.0. The number of aryl methyl sites for hydroxylation is 1. The number of amides is 1. The summed E-state index contributed by atoms with van der Waals surface area (Å²) in [6, 6.07) is 13.4. The Morgan fingerprint density at radius 1 is 1.17 bits per heavy atom. The van der Waals surface area contributed by atoms with Gasteiger partial charge in [-0.15, -0.1) is 0 Å². The number of rotatable bonds is 3. The predicted molar refractivity (Wildman–Crippen MR) is 92.2 cm³/mol. The van der Waals surface area contributed by atoms with Crippen LogP contribution in [0.5, 0.6) is 0 Å². The highest BCUT2D eigenvalue weighted by Gasteiger charge is 2.13. The van der Waals surface area contributed by atoms with E-state index in [0.717, 1.165) is 27.8 Å². The van der Waals surface area contributed by atoms with E-state index in [0.29, 0.717) is 11.6 Å². The lowest BCUT2D eigenvalue weighted by Crippen LogP contribution is -2.09. The van der Waals surface area contributed by atoms with Gasteiger partial charge < -0.3 is 9.73 Å². The van der Waals surface area contributed by atoms with Crippen LogP contribution < -0.4 is 5.32 Å². The molecule has 1 amide bonds. The molecule has 0 aliphatic rings. The van der Waals surface area contributed by atoms with Crippen LogP contribution in [0.25, 0.3) is 22.6 Å². The number of para-hydroxylation sites is 1. The summed E-state index contributed by atoms with van der Waals surface area (Å²) < 4.78 is 5.83. The summed E-state index contributed by atoms with van der Waals surface area (Å²) >= 11 is 0. The summed E-state index contributed by atoms with van der Waals surface area (Å²) in [5.74, 6) is 0.336. The average molecular weight is 306 g/mol. The van der Waals surface area contributed by atoms with E-state index in [1.807, 2.05) is 63.2 Å². The number of carbonyl (C=O) groups is 1. The van der Waals surface area contributed by atoms with E-state index in [-0.39, 0.29) is 5.91 Å². The maximum atomic E-state index is 12.0. The minimum absolute atomic E-state index is 0.163. The van der Waals surface area contributed by atoms with Gasteiger partial charge in [0.05, 0.1) is 11.3 Å². The van der Waals surface area contributed by atoms with E-state index in [4.69, 9.17) is 4.42 Å². The SMILES string of the molecule is CC(C)=CC(=O)Nc1ccccc1-c1nc2cc(C)ccc2o1. The molecular weight excluding hydrogens is 288 g/mol. The van der Waals surface area contributed by atoms with Gasteiger partial charge >= 0.3 is 0 Å². The van der Waals surface area contributed by atoms with Crippen LogP contribution in [0.3, 0.4) is 0 Å². The second kappa shape index (κ2) is 6.08. The molecule has 2 aromatic carbocycles. The number of allylic oxidation sites excluding steroid dienone is 1. The molecule has 0 radical (unpaired) electrons. The molecule has 3 aromatic rings. The Bertz CT molecular complexity index is 903. The Labute approximate surface area is 134 Å². The van der Waals surface area contributed by atoms with Gasteiger partial charge in [0.2, 0.25) is 11.8 Å². The van der Waals surface area contributed by atoms with Gasteiger partial charge in [0.15, 0.2) is 5.58 Å².